The normalized spacial score (nSPS) is 15.9. The number of benzene rings is 1. The SMILES string of the molecule is CCN(CC(=O)Nc1c(Cl)cccc1Cl)C(=O)c1cc2c(s1)CCC(C)C2. The molecule has 1 aromatic heterocycles. The number of likely N-dealkylation sites (N-methyl/N-ethyl adjacent to an activating group) is 1. The van der Waals surface area contributed by atoms with Gasteiger partial charge >= 0.3 is 0 Å². The summed E-state index contributed by atoms with van der Waals surface area (Å²) in [6.45, 7) is 4.51. The summed E-state index contributed by atoms with van der Waals surface area (Å²) in [7, 11) is 0. The molecule has 2 aromatic rings. The number of aryl methyl sites for hydroxylation is 1. The van der Waals surface area contributed by atoms with Crippen LogP contribution in [0.3, 0.4) is 0 Å². The standard InChI is InChI=1S/C20H22Cl2N2O2S/c1-3-24(11-18(25)23-19-14(21)5-4-6-15(19)22)20(26)17-10-13-9-12(2)7-8-16(13)27-17/h4-6,10,12H,3,7-9,11H2,1-2H3,(H,23,25). The van der Waals surface area contributed by atoms with Crippen molar-refractivity contribution in [2.45, 2.75) is 33.1 Å². The Morgan fingerprint density at radius 1 is 1.30 bits per heavy atom. The zero-order chi connectivity index (χ0) is 19.6. The number of carbonyl (C=O) groups is 2. The van der Waals surface area contributed by atoms with Gasteiger partial charge in [0.15, 0.2) is 0 Å². The fourth-order valence-electron chi connectivity index (χ4n) is 3.26. The summed E-state index contributed by atoms with van der Waals surface area (Å²) in [6, 6.07) is 7.02. The predicted octanol–water partition coefficient (Wildman–Crippen LogP) is 5.28. The van der Waals surface area contributed by atoms with Crippen molar-refractivity contribution in [3.8, 4) is 0 Å². The number of nitrogens with one attached hydrogen (secondary N) is 1. The lowest BCUT2D eigenvalue weighted by Gasteiger charge is -2.20. The van der Waals surface area contributed by atoms with Crippen molar-refractivity contribution in [1.29, 1.82) is 0 Å². The lowest BCUT2D eigenvalue weighted by Crippen LogP contribution is -2.37. The van der Waals surface area contributed by atoms with Crippen molar-refractivity contribution in [3.63, 3.8) is 0 Å². The molecule has 1 atom stereocenters. The summed E-state index contributed by atoms with van der Waals surface area (Å²) in [4.78, 5) is 28.9. The molecule has 1 aliphatic rings. The van der Waals surface area contributed by atoms with E-state index in [4.69, 9.17) is 23.2 Å². The second kappa shape index (κ2) is 8.63. The van der Waals surface area contributed by atoms with Gasteiger partial charge in [-0.15, -0.1) is 11.3 Å². The van der Waals surface area contributed by atoms with Crippen LogP contribution in [0, 0.1) is 5.92 Å². The Kier molecular flexibility index (Phi) is 6.45. The van der Waals surface area contributed by atoms with Gasteiger partial charge in [0.1, 0.15) is 6.54 Å². The van der Waals surface area contributed by atoms with Crippen LogP contribution in [0.25, 0.3) is 0 Å². The van der Waals surface area contributed by atoms with Gasteiger partial charge in [0, 0.05) is 11.4 Å². The van der Waals surface area contributed by atoms with E-state index in [0.29, 0.717) is 33.1 Å². The Hall–Kier alpha value is -1.56. The number of nitrogens with zero attached hydrogens (tertiary/aromatic N) is 1. The van der Waals surface area contributed by atoms with Crippen LogP contribution < -0.4 is 5.32 Å². The van der Waals surface area contributed by atoms with Gasteiger partial charge in [0.05, 0.1) is 20.6 Å². The molecule has 27 heavy (non-hydrogen) atoms. The number of hydrogen-bond acceptors (Lipinski definition) is 3. The third kappa shape index (κ3) is 4.65. The summed E-state index contributed by atoms with van der Waals surface area (Å²) in [6.07, 6.45) is 3.22. The van der Waals surface area contributed by atoms with E-state index in [0.717, 1.165) is 12.8 Å². The first-order valence-corrected chi connectivity index (χ1v) is 10.6. The number of fused-ring (bicyclic) bond motifs is 1. The van der Waals surface area contributed by atoms with Gasteiger partial charge in [0.2, 0.25) is 5.91 Å². The van der Waals surface area contributed by atoms with E-state index in [-0.39, 0.29) is 18.4 Å². The first-order chi connectivity index (χ1) is 12.9. The van der Waals surface area contributed by atoms with Crippen LogP contribution in [-0.2, 0) is 17.6 Å². The molecule has 2 amide bonds. The molecule has 1 heterocycles. The Balaban J connectivity index is 1.69. The predicted molar refractivity (Wildman–Crippen MR) is 112 cm³/mol. The summed E-state index contributed by atoms with van der Waals surface area (Å²) >= 11 is 13.7. The summed E-state index contributed by atoms with van der Waals surface area (Å²) in [5.41, 5.74) is 1.65. The van der Waals surface area contributed by atoms with Crippen LogP contribution in [-0.4, -0.2) is 29.8 Å². The number of anilines is 1. The van der Waals surface area contributed by atoms with E-state index >= 15 is 0 Å². The van der Waals surface area contributed by atoms with Crippen molar-refractivity contribution in [1.82, 2.24) is 4.90 Å². The van der Waals surface area contributed by atoms with E-state index in [1.807, 2.05) is 13.0 Å². The minimum absolute atomic E-state index is 0.0458. The maximum absolute atomic E-state index is 12.9. The number of hydrogen-bond donors (Lipinski definition) is 1. The van der Waals surface area contributed by atoms with Gasteiger partial charge in [-0.1, -0.05) is 36.2 Å². The molecule has 4 nitrogen and oxygen atoms in total. The molecule has 1 unspecified atom stereocenters. The van der Waals surface area contributed by atoms with Gasteiger partial charge in [-0.3, -0.25) is 9.59 Å². The molecule has 0 radical (unpaired) electrons. The van der Waals surface area contributed by atoms with Crippen LogP contribution in [0.15, 0.2) is 24.3 Å². The average molecular weight is 425 g/mol. The number of halogens is 2. The van der Waals surface area contributed by atoms with E-state index < -0.39 is 0 Å². The first kappa shape index (κ1) is 20.2. The Morgan fingerprint density at radius 2 is 2.00 bits per heavy atom. The zero-order valence-corrected chi connectivity index (χ0v) is 17.7. The highest BCUT2D eigenvalue weighted by Gasteiger charge is 2.24. The van der Waals surface area contributed by atoms with Gasteiger partial charge in [-0.2, -0.15) is 0 Å². The fourth-order valence-corrected chi connectivity index (χ4v) is 4.93. The third-order valence-electron chi connectivity index (χ3n) is 4.77. The van der Waals surface area contributed by atoms with Crippen LogP contribution in [0.5, 0.6) is 0 Å². The second-order valence-corrected chi connectivity index (χ2v) is 8.82. The highest BCUT2D eigenvalue weighted by molar-refractivity contribution is 7.14. The Bertz CT molecular complexity index is 845. The number of thiophene rings is 1. The molecule has 0 saturated heterocycles. The van der Waals surface area contributed by atoms with Gasteiger partial charge in [-0.25, -0.2) is 0 Å². The van der Waals surface area contributed by atoms with Crippen molar-refractivity contribution < 1.29 is 9.59 Å². The largest absolute Gasteiger partial charge is 0.329 e. The van der Waals surface area contributed by atoms with Crippen molar-refractivity contribution in [3.05, 3.63) is 49.6 Å². The van der Waals surface area contributed by atoms with Gasteiger partial charge < -0.3 is 10.2 Å². The maximum atomic E-state index is 12.9. The lowest BCUT2D eigenvalue weighted by atomic mass is 9.90. The third-order valence-corrected chi connectivity index (χ3v) is 6.63. The molecule has 0 bridgehead atoms. The van der Waals surface area contributed by atoms with E-state index in [1.54, 1.807) is 34.4 Å². The molecule has 1 aliphatic carbocycles. The highest BCUT2D eigenvalue weighted by Crippen LogP contribution is 2.33. The van der Waals surface area contributed by atoms with E-state index in [2.05, 4.69) is 12.2 Å². The second-order valence-electron chi connectivity index (χ2n) is 6.87. The first-order valence-electron chi connectivity index (χ1n) is 9.03. The minimum atomic E-state index is -0.324. The Labute approximate surface area is 173 Å². The summed E-state index contributed by atoms with van der Waals surface area (Å²) in [5.74, 6) is 0.226. The fraction of sp³-hybridized carbons (Fsp3) is 0.400. The molecule has 0 saturated carbocycles. The molecule has 0 spiro atoms. The van der Waals surface area contributed by atoms with Crippen molar-refractivity contribution in [2.75, 3.05) is 18.4 Å². The molecular formula is C20H22Cl2N2O2S. The van der Waals surface area contributed by atoms with Crippen LogP contribution in [0.4, 0.5) is 5.69 Å². The van der Waals surface area contributed by atoms with Crippen molar-refractivity contribution >= 4 is 52.0 Å². The molecule has 1 N–H and O–H groups in total. The molecule has 0 fully saturated rings. The topological polar surface area (TPSA) is 49.4 Å². The zero-order valence-electron chi connectivity index (χ0n) is 15.4. The minimum Gasteiger partial charge on any atom is -0.329 e. The monoisotopic (exact) mass is 424 g/mol. The molecule has 3 rings (SSSR count). The number of amides is 2. The summed E-state index contributed by atoms with van der Waals surface area (Å²) in [5, 5.41) is 3.44. The van der Waals surface area contributed by atoms with Crippen molar-refractivity contribution in [2.24, 2.45) is 5.92 Å². The average Bonchev–Trinajstić information content (AvgIpc) is 3.05. The molecule has 144 valence electrons. The Morgan fingerprint density at radius 3 is 2.67 bits per heavy atom. The number of rotatable bonds is 5. The molecule has 0 aliphatic heterocycles. The van der Waals surface area contributed by atoms with Gasteiger partial charge in [-0.05, 0) is 55.9 Å². The molecule has 1 aromatic carbocycles. The van der Waals surface area contributed by atoms with E-state index in [9.17, 15) is 9.59 Å². The van der Waals surface area contributed by atoms with Crippen LogP contribution in [0.2, 0.25) is 10.0 Å². The number of carbonyl (C=O) groups excluding carboxylic acids is 2. The number of para-hydroxylation sites is 1. The smallest absolute Gasteiger partial charge is 0.264 e. The van der Waals surface area contributed by atoms with Crippen LogP contribution in [0.1, 0.15) is 40.4 Å². The van der Waals surface area contributed by atoms with Gasteiger partial charge in [0.25, 0.3) is 5.91 Å². The highest BCUT2D eigenvalue weighted by atomic mass is 35.5. The summed E-state index contributed by atoms with van der Waals surface area (Å²) < 4.78 is 0. The molecular weight excluding hydrogens is 403 g/mol. The quantitative estimate of drug-likeness (QED) is 0.709. The van der Waals surface area contributed by atoms with E-state index in [1.165, 1.54) is 16.9 Å². The molecule has 7 heteroatoms. The maximum Gasteiger partial charge on any atom is 0.264 e. The lowest BCUT2D eigenvalue weighted by molar-refractivity contribution is -0.116. The van der Waals surface area contributed by atoms with Crippen LogP contribution >= 0.6 is 34.5 Å².